The van der Waals surface area contributed by atoms with Crippen LogP contribution in [-0.4, -0.2) is 17.1 Å². The number of ether oxygens (including phenoxy) is 2. The average Bonchev–Trinajstić information content (AvgIpc) is 2.24. The zero-order valence-electron chi connectivity index (χ0n) is 7.75. The molecule has 0 aromatic heterocycles. The third-order valence-electron chi connectivity index (χ3n) is 2.09. The Balaban J connectivity index is 2.19. The molecule has 1 heterocycles. The second-order valence-corrected chi connectivity index (χ2v) is 5.00. The van der Waals surface area contributed by atoms with Crippen LogP contribution in [0, 0.1) is 11.6 Å². The lowest BCUT2D eigenvalue weighted by Crippen LogP contribution is -2.27. The largest absolute Gasteiger partial charge is 0.347 e. The van der Waals surface area contributed by atoms with Gasteiger partial charge >= 0.3 is 0 Å². The van der Waals surface area contributed by atoms with Crippen molar-refractivity contribution in [1.82, 2.24) is 0 Å². The maximum atomic E-state index is 13.3. The molecule has 1 aliphatic heterocycles. The fourth-order valence-corrected chi connectivity index (χ4v) is 1.78. The number of hydrogen-bond acceptors (Lipinski definition) is 2. The van der Waals surface area contributed by atoms with Crippen LogP contribution in [0.25, 0.3) is 0 Å². The molecule has 0 atom stereocenters. The molecular weight excluding hydrogens is 317 g/mol. The van der Waals surface area contributed by atoms with E-state index < -0.39 is 17.9 Å². The minimum Gasteiger partial charge on any atom is -0.347 e. The van der Waals surface area contributed by atoms with Crippen LogP contribution in [-0.2, 0) is 9.47 Å². The maximum Gasteiger partial charge on any atom is 0.186 e. The normalized spacial score (nSPS) is 26.6. The van der Waals surface area contributed by atoms with Crippen LogP contribution >= 0.6 is 22.6 Å². The topological polar surface area (TPSA) is 18.5 Å². The first-order valence-electron chi connectivity index (χ1n) is 4.49. The highest BCUT2D eigenvalue weighted by atomic mass is 127. The van der Waals surface area contributed by atoms with Crippen molar-refractivity contribution in [2.75, 3.05) is 13.2 Å². The van der Waals surface area contributed by atoms with Crippen molar-refractivity contribution in [3.63, 3.8) is 0 Å². The van der Waals surface area contributed by atoms with Gasteiger partial charge in [0.2, 0.25) is 0 Å². The Morgan fingerprint density at radius 3 is 2.53 bits per heavy atom. The van der Waals surface area contributed by atoms with E-state index in [1.165, 1.54) is 12.1 Å². The minimum absolute atomic E-state index is 0.123. The molecule has 0 spiro atoms. The van der Waals surface area contributed by atoms with Crippen molar-refractivity contribution < 1.29 is 18.3 Å². The molecule has 0 aliphatic carbocycles. The second kappa shape index (κ2) is 4.71. The number of rotatable bonds is 1. The molecule has 82 valence electrons. The van der Waals surface area contributed by atoms with Crippen LogP contribution in [0.5, 0.6) is 0 Å². The van der Waals surface area contributed by atoms with Crippen molar-refractivity contribution in [3.8, 4) is 0 Å². The molecule has 5 heteroatoms. The lowest BCUT2D eigenvalue weighted by atomic mass is 10.2. The summed E-state index contributed by atoms with van der Waals surface area (Å²) in [6, 6.07) is 3.98. The van der Waals surface area contributed by atoms with Crippen molar-refractivity contribution >= 4 is 22.6 Å². The molecule has 0 radical (unpaired) electrons. The van der Waals surface area contributed by atoms with Gasteiger partial charge < -0.3 is 9.47 Å². The van der Waals surface area contributed by atoms with Crippen LogP contribution < -0.4 is 0 Å². The quantitative estimate of drug-likeness (QED) is 0.584. The first kappa shape index (κ1) is 11.2. The van der Waals surface area contributed by atoms with E-state index in [9.17, 15) is 8.78 Å². The molecule has 0 unspecified atom stereocenters. The lowest BCUT2D eigenvalue weighted by molar-refractivity contribution is -0.179. The smallest absolute Gasteiger partial charge is 0.186 e. The van der Waals surface area contributed by atoms with Gasteiger partial charge in [-0.15, -0.1) is 0 Å². The van der Waals surface area contributed by atoms with E-state index in [1.807, 2.05) is 0 Å². The van der Waals surface area contributed by atoms with Crippen LogP contribution in [0.15, 0.2) is 18.2 Å². The Bertz CT molecular complexity index is 351. The molecule has 1 aliphatic rings. The van der Waals surface area contributed by atoms with Crippen LogP contribution in [0.3, 0.4) is 0 Å². The fourth-order valence-electron chi connectivity index (χ4n) is 1.36. The van der Waals surface area contributed by atoms with E-state index >= 15 is 0 Å². The Morgan fingerprint density at radius 1 is 1.20 bits per heavy atom. The molecule has 1 aromatic carbocycles. The zero-order valence-corrected chi connectivity index (χ0v) is 9.91. The van der Waals surface area contributed by atoms with E-state index in [1.54, 1.807) is 0 Å². The number of halogens is 3. The van der Waals surface area contributed by atoms with E-state index in [0.29, 0.717) is 13.2 Å². The van der Waals surface area contributed by atoms with Crippen molar-refractivity contribution in [1.29, 1.82) is 0 Å². The molecule has 15 heavy (non-hydrogen) atoms. The number of alkyl halides is 1. The van der Waals surface area contributed by atoms with Crippen LogP contribution in [0.1, 0.15) is 11.9 Å². The highest BCUT2D eigenvalue weighted by molar-refractivity contribution is 14.1. The summed E-state index contributed by atoms with van der Waals surface area (Å²) >= 11 is 2.18. The third kappa shape index (κ3) is 2.46. The Hall–Kier alpha value is -0.270. The van der Waals surface area contributed by atoms with Crippen LogP contribution in [0.2, 0.25) is 0 Å². The molecule has 1 fully saturated rings. The highest BCUT2D eigenvalue weighted by Crippen LogP contribution is 2.27. The Kier molecular flexibility index (Phi) is 3.53. The lowest BCUT2D eigenvalue weighted by Gasteiger charge is -2.26. The van der Waals surface area contributed by atoms with Gasteiger partial charge in [-0.25, -0.2) is 8.78 Å². The maximum absolute atomic E-state index is 13.3. The standard InChI is InChI=1S/C10H9F2IO2/c11-8-3-1-2-7(9(8)12)10-14-4-6(13)5-15-10/h1-3,6,10H,4-5H2. The predicted molar refractivity (Wildman–Crippen MR) is 58.8 cm³/mol. The summed E-state index contributed by atoms with van der Waals surface area (Å²) in [5.74, 6) is -1.77. The van der Waals surface area contributed by atoms with E-state index in [-0.39, 0.29) is 9.49 Å². The van der Waals surface area contributed by atoms with Crippen molar-refractivity contribution in [3.05, 3.63) is 35.4 Å². The van der Waals surface area contributed by atoms with Gasteiger partial charge in [0, 0.05) is 5.56 Å². The Labute approximate surface area is 99.7 Å². The summed E-state index contributed by atoms with van der Waals surface area (Å²) in [5, 5.41) is 0. The predicted octanol–water partition coefficient (Wildman–Crippen LogP) is 2.81. The van der Waals surface area contributed by atoms with Gasteiger partial charge in [-0.1, -0.05) is 34.7 Å². The summed E-state index contributed by atoms with van der Waals surface area (Å²) < 4.78 is 37.1. The molecule has 0 amide bonds. The van der Waals surface area contributed by atoms with Crippen molar-refractivity contribution in [2.24, 2.45) is 0 Å². The summed E-state index contributed by atoms with van der Waals surface area (Å²) in [7, 11) is 0. The van der Waals surface area contributed by atoms with E-state index in [0.717, 1.165) is 6.07 Å². The van der Waals surface area contributed by atoms with Gasteiger partial charge in [0.1, 0.15) is 0 Å². The van der Waals surface area contributed by atoms with Gasteiger partial charge in [0.25, 0.3) is 0 Å². The zero-order chi connectivity index (χ0) is 10.8. The molecule has 0 N–H and O–H groups in total. The summed E-state index contributed by atoms with van der Waals surface area (Å²) in [6.45, 7) is 0.975. The monoisotopic (exact) mass is 326 g/mol. The SMILES string of the molecule is Fc1cccc(C2OCC(I)CO2)c1F. The minimum atomic E-state index is -0.894. The van der Waals surface area contributed by atoms with Gasteiger partial charge in [-0.05, 0) is 6.07 Å². The fraction of sp³-hybridized carbons (Fsp3) is 0.400. The average molecular weight is 326 g/mol. The second-order valence-electron chi connectivity index (χ2n) is 3.24. The highest BCUT2D eigenvalue weighted by Gasteiger charge is 2.25. The first-order chi connectivity index (χ1) is 7.18. The first-order valence-corrected chi connectivity index (χ1v) is 5.74. The van der Waals surface area contributed by atoms with Crippen molar-refractivity contribution in [2.45, 2.75) is 10.2 Å². The van der Waals surface area contributed by atoms with E-state index in [2.05, 4.69) is 22.6 Å². The summed E-state index contributed by atoms with van der Waals surface area (Å²) in [5.41, 5.74) is 0.123. The number of benzene rings is 1. The summed E-state index contributed by atoms with van der Waals surface area (Å²) in [4.78, 5) is 0. The molecule has 0 bridgehead atoms. The molecule has 1 saturated heterocycles. The molecular formula is C10H9F2IO2. The van der Waals surface area contributed by atoms with E-state index in [4.69, 9.17) is 9.47 Å². The molecule has 1 aromatic rings. The molecule has 0 saturated carbocycles. The van der Waals surface area contributed by atoms with Gasteiger partial charge in [-0.3, -0.25) is 0 Å². The summed E-state index contributed by atoms with van der Waals surface area (Å²) in [6.07, 6.45) is -0.785. The van der Waals surface area contributed by atoms with Gasteiger partial charge in [0.05, 0.1) is 17.1 Å². The molecule has 2 nitrogen and oxygen atoms in total. The molecule has 2 rings (SSSR count). The van der Waals surface area contributed by atoms with Gasteiger partial charge in [0.15, 0.2) is 17.9 Å². The number of hydrogen-bond donors (Lipinski definition) is 0. The Morgan fingerprint density at radius 2 is 1.87 bits per heavy atom. The van der Waals surface area contributed by atoms with Gasteiger partial charge in [-0.2, -0.15) is 0 Å². The van der Waals surface area contributed by atoms with Crippen LogP contribution in [0.4, 0.5) is 8.78 Å². The third-order valence-corrected chi connectivity index (χ3v) is 2.81.